The van der Waals surface area contributed by atoms with Gasteiger partial charge in [-0.05, 0) is 17.4 Å². The molecule has 1 amide bonds. The Morgan fingerprint density at radius 1 is 0.871 bits per heavy atom. The number of rotatable bonds is 15. The molecule has 0 fully saturated rings. The van der Waals surface area contributed by atoms with E-state index >= 15 is 0 Å². The van der Waals surface area contributed by atoms with E-state index in [2.05, 4.69) is 12.2 Å². The fourth-order valence-corrected chi connectivity index (χ4v) is 3.20. The monoisotopic (exact) mass is 433 g/mol. The van der Waals surface area contributed by atoms with Crippen molar-refractivity contribution in [3.8, 4) is 0 Å². The summed E-state index contributed by atoms with van der Waals surface area (Å²) in [6.07, 6.45) is 10.7. The smallest absolute Gasteiger partial charge is 0.407 e. The fourth-order valence-electron chi connectivity index (χ4n) is 3.20. The zero-order chi connectivity index (χ0) is 23.0. The quantitative estimate of drug-likeness (QED) is 0.255. The second-order valence-electron chi connectivity index (χ2n) is 9.52. The Morgan fingerprint density at radius 2 is 1.45 bits per heavy atom. The Kier molecular flexibility index (Phi) is 13.7. The van der Waals surface area contributed by atoms with Gasteiger partial charge in [-0.15, -0.1) is 0 Å². The van der Waals surface area contributed by atoms with Gasteiger partial charge in [-0.25, -0.2) is 9.59 Å². The van der Waals surface area contributed by atoms with Crippen LogP contribution in [0.5, 0.6) is 0 Å². The minimum absolute atomic E-state index is 0.136. The van der Waals surface area contributed by atoms with E-state index in [9.17, 15) is 9.59 Å². The van der Waals surface area contributed by atoms with E-state index in [1.807, 2.05) is 51.1 Å². The third-order valence-corrected chi connectivity index (χ3v) is 4.99. The average Bonchev–Trinajstić information content (AvgIpc) is 2.73. The summed E-state index contributed by atoms with van der Waals surface area (Å²) in [4.78, 5) is 24.8. The topological polar surface area (TPSA) is 64.6 Å². The van der Waals surface area contributed by atoms with Crippen LogP contribution in [0, 0.1) is 5.41 Å². The van der Waals surface area contributed by atoms with Gasteiger partial charge < -0.3 is 14.8 Å². The number of hydrogen-bond acceptors (Lipinski definition) is 4. The molecule has 0 saturated heterocycles. The van der Waals surface area contributed by atoms with Crippen molar-refractivity contribution in [3.05, 3.63) is 35.9 Å². The van der Waals surface area contributed by atoms with Crippen molar-refractivity contribution in [2.45, 2.75) is 97.9 Å². The van der Waals surface area contributed by atoms with Crippen molar-refractivity contribution in [3.63, 3.8) is 0 Å². The van der Waals surface area contributed by atoms with Crippen LogP contribution in [-0.4, -0.2) is 31.3 Å². The predicted molar refractivity (Wildman–Crippen MR) is 126 cm³/mol. The summed E-state index contributed by atoms with van der Waals surface area (Å²) >= 11 is 0. The number of carbonyl (C=O) groups is 2. The number of esters is 1. The van der Waals surface area contributed by atoms with Crippen molar-refractivity contribution in [2.75, 3.05) is 13.2 Å². The molecule has 0 aliphatic carbocycles. The summed E-state index contributed by atoms with van der Waals surface area (Å²) in [5.74, 6) is -0.406. The highest BCUT2D eigenvalue weighted by Crippen LogP contribution is 2.13. The van der Waals surface area contributed by atoms with Crippen molar-refractivity contribution in [1.82, 2.24) is 5.32 Å². The maximum Gasteiger partial charge on any atom is 0.407 e. The Bertz CT molecular complexity index is 610. The van der Waals surface area contributed by atoms with Crippen molar-refractivity contribution in [1.29, 1.82) is 0 Å². The Hall–Kier alpha value is -2.04. The standard InChI is InChI=1S/C26H43NO4/c1-5-6-7-8-9-10-11-12-16-19-30-24(28)23(20-22-17-14-13-15-18-22)27-25(29)31-21-26(2,3)4/h13-15,17-18,23H,5-12,16,19-21H2,1-4H3,(H,27,29). The number of nitrogens with one attached hydrogen (secondary N) is 1. The maximum atomic E-state index is 12.6. The van der Waals surface area contributed by atoms with Gasteiger partial charge in [0, 0.05) is 6.42 Å². The average molecular weight is 434 g/mol. The molecular formula is C26H43NO4. The van der Waals surface area contributed by atoms with E-state index in [4.69, 9.17) is 9.47 Å². The lowest BCUT2D eigenvalue weighted by Crippen LogP contribution is -2.44. The highest BCUT2D eigenvalue weighted by atomic mass is 16.6. The number of hydrogen-bond donors (Lipinski definition) is 1. The van der Waals surface area contributed by atoms with Crippen LogP contribution in [0.3, 0.4) is 0 Å². The van der Waals surface area contributed by atoms with Gasteiger partial charge in [-0.2, -0.15) is 0 Å². The first-order valence-corrected chi connectivity index (χ1v) is 12.0. The number of alkyl carbamates (subject to hydrolysis) is 1. The lowest BCUT2D eigenvalue weighted by molar-refractivity contribution is -0.146. The third kappa shape index (κ3) is 14.6. The molecular weight excluding hydrogens is 390 g/mol. The maximum absolute atomic E-state index is 12.6. The van der Waals surface area contributed by atoms with Crippen LogP contribution in [0.4, 0.5) is 4.79 Å². The molecule has 176 valence electrons. The Labute approximate surface area is 189 Å². The molecule has 0 aliphatic rings. The summed E-state index contributed by atoms with van der Waals surface area (Å²) in [5, 5.41) is 2.69. The molecule has 1 unspecified atom stereocenters. The molecule has 0 aliphatic heterocycles. The van der Waals surface area contributed by atoms with Gasteiger partial charge in [-0.3, -0.25) is 0 Å². The predicted octanol–water partition coefficient (Wildman–Crippen LogP) is 6.44. The molecule has 1 rings (SSSR count). The first-order valence-electron chi connectivity index (χ1n) is 12.0. The molecule has 0 bridgehead atoms. The molecule has 0 spiro atoms. The number of amides is 1. The number of carbonyl (C=O) groups excluding carboxylic acids is 2. The van der Waals surface area contributed by atoms with E-state index in [0.29, 0.717) is 13.0 Å². The lowest BCUT2D eigenvalue weighted by Gasteiger charge is -2.21. The summed E-state index contributed by atoms with van der Waals surface area (Å²) in [7, 11) is 0. The number of ether oxygens (including phenoxy) is 2. The molecule has 5 nitrogen and oxygen atoms in total. The summed E-state index contributed by atoms with van der Waals surface area (Å²) in [6.45, 7) is 8.86. The van der Waals surface area contributed by atoms with Crippen molar-refractivity contribution in [2.24, 2.45) is 5.41 Å². The molecule has 0 aromatic heterocycles. The second-order valence-corrected chi connectivity index (χ2v) is 9.52. The van der Waals surface area contributed by atoms with Gasteiger partial charge in [0.1, 0.15) is 6.04 Å². The van der Waals surface area contributed by atoms with E-state index in [0.717, 1.165) is 18.4 Å². The van der Waals surface area contributed by atoms with Gasteiger partial charge >= 0.3 is 12.1 Å². The largest absolute Gasteiger partial charge is 0.464 e. The fraction of sp³-hybridized carbons (Fsp3) is 0.692. The SMILES string of the molecule is CCCCCCCCCCCOC(=O)C(Cc1ccccc1)NC(=O)OCC(C)(C)C. The van der Waals surface area contributed by atoms with Gasteiger partial charge in [0.05, 0.1) is 13.2 Å². The van der Waals surface area contributed by atoms with Crippen LogP contribution in [-0.2, 0) is 20.7 Å². The Morgan fingerprint density at radius 3 is 2.03 bits per heavy atom. The number of benzene rings is 1. The number of unbranched alkanes of at least 4 members (excludes halogenated alkanes) is 8. The third-order valence-electron chi connectivity index (χ3n) is 4.99. The first-order chi connectivity index (χ1) is 14.8. The summed E-state index contributed by atoms with van der Waals surface area (Å²) < 4.78 is 10.7. The van der Waals surface area contributed by atoms with Crippen LogP contribution in [0.2, 0.25) is 0 Å². The molecule has 0 radical (unpaired) electrons. The van der Waals surface area contributed by atoms with Gasteiger partial charge in [0.2, 0.25) is 0 Å². The molecule has 0 saturated carbocycles. The minimum Gasteiger partial charge on any atom is -0.464 e. The van der Waals surface area contributed by atoms with Crippen molar-refractivity contribution >= 4 is 12.1 Å². The summed E-state index contributed by atoms with van der Waals surface area (Å²) in [6, 6.07) is 8.86. The highest BCUT2D eigenvalue weighted by molar-refractivity contribution is 5.81. The molecule has 1 aromatic carbocycles. The molecule has 5 heteroatoms. The van der Waals surface area contributed by atoms with Crippen LogP contribution in [0.1, 0.15) is 91.0 Å². The zero-order valence-corrected chi connectivity index (χ0v) is 20.1. The first kappa shape index (κ1) is 27.0. The lowest BCUT2D eigenvalue weighted by atomic mass is 9.99. The van der Waals surface area contributed by atoms with E-state index in [1.54, 1.807) is 0 Å². The second kappa shape index (κ2) is 15.7. The van der Waals surface area contributed by atoms with Gasteiger partial charge in [0.15, 0.2) is 0 Å². The molecule has 31 heavy (non-hydrogen) atoms. The molecule has 1 aromatic rings. The van der Waals surface area contributed by atoms with Crippen LogP contribution in [0.15, 0.2) is 30.3 Å². The zero-order valence-electron chi connectivity index (χ0n) is 20.1. The highest BCUT2D eigenvalue weighted by Gasteiger charge is 2.24. The summed E-state index contributed by atoms with van der Waals surface area (Å²) in [5.41, 5.74) is 0.826. The van der Waals surface area contributed by atoms with Gasteiger partial charge in [0.25, 0.3) is 0 Å². The normalized spacial score (nSPS) is 12.3. The molecule has 0 heterocycles. The molecule has 1 N–H and O–H groups in total. The van der Waals surface area contributed by atoms with Crippen LogP contribution in [0.25, 0.3) is 0 Å². The minimum atomic E-state index is -0.756. The Balaban J connectivity index is 2.39. The van der Waals surface area contributed by atoms with E-state index < -0.39 is 18.1 Å². The van der Waals surface area contributed by atoms with Crippen LogP contribution < -0.4 is 5.32 Å². The van der Waals surface area contributed by atoms with Crippen molar-refractivity contribution < 1.29 is 19.1 Å². The van der Waals surface area contributed by atoms with E-state index in [1.165, 1.54) is 44.9 Å². The van der Waals surface area contributed by atoms with Crippen LogP contribution >= 0.6 is 0 Å². The van der Waals surface area contributed by atoms with E-state index in [-0.39, 0.29) is 12.0 Å². The van der Waals surface area contributed by atoms with Gasteiger partial charge in [-0.1, -0.05) is 109 Å². The molecule has 1 atom stereocenters.